The van der Waals surface area contributed by atoms with Gasteiger partial charge >= 0.3 is 0 Å². The van der Waals surface area contributed by atoms with Gasteiger partial charge in [0.2, 0.25) is 5.91 Å². The second-order valence-corrected chi connectivity index (χ2v) is 11.1. The fourth-order valence-electron chi connectivity index (χ4n) is 6.16. The van der Waals surface area contributed by atoms with Gasteiger partial charge in [0.15, 0.2) is 22.8 Å². The fraction of sp³-hybridized carbons (Fsp3) is 0.517. The zero-order chi connectivity index (χ0) is 27.8. The van der Waals surface area contributed by atoms with Crippen molar-refractivity contribution in [3.63, 3.8) is 0 Å². The van der Waals surface area contributed by atoms with Crippen LogP contribution in [0.5, 0.6) is 0 Å². The van der Waals surface area contributed by atoms with Crippen molar-refractivity contribution in [2.45, 2.75) is 39.9 Å². The van der Waals surface area contributed by atoms with E-state index in [2.05, 4.69) is 63.2 Å². The molecule has 1 atom stereocenters. The number of primary amides is 1. The van der Waals surface area contributed by atoms with Crippen molar-refractivity contribution in [3.8, 4) is 11.4 Å². The van der Waals surface area contributed by atoms with E-state index in [1.54, 1.807) is 0 Å². The van der Waals surface area contributed by atoms with E-state index in [1.165, 1.54) is 0 Å². The molecule has 0 saturated carbocycles. The Morgan fingerprint density at radius 1 is 1.12 bits per heavy atom. The molecule has 11 heteroatoms. The van der Waals surface area contributed by atoms with Gasteiger partial charge in [-0.05, 0) is 25.0 Å². The van der Waals surface area contributed by atoms with E-state index in [1.807, 2.05) is 12.3 Å². The number of morpholine rings is 1. The molecule has 6 rings (SSSR count). The normalized spacial score (nSPS) is 19.3. The van der Waals surface area contributed by atoms with Crippen LogP contribution in [0.25, 0.3) is 33.5 Å². The largest absolute Gasteiger partial charge is 0.378 e. The van der Waals surface area contributed by atoms with E-state index < -0.39 is 0 Å². The Kier molecular flexibility index (Phi) is 7.43. The van der Waals surface area contributed by atoms with Gasteiger partial charge < -0.3 is 24.9 Å². The molecule has 0 aliphatic carbocycles. The number of hydrogen-bond donors (Lipinski definition) is 2. The SMILES string of the molecule is CCn1c(CN2CCN(CC(N)=O)[C@@H](C(C)C)C2)nc2c(N3CCOCC3)nc(-c3cccc4[nH]ccc34)nc21. The molecule has 4 aromatic rings. The highest BCUT2D eigenvalue weighted by molar-refractivity contribution is 5.95. The zero-order valence-electron chi connectivity index (χ0n) is 23.6. The number of hydrogen-bond acceptors (Lipinski definition) is 8. The maximum atomic E-state index is 11.7. The number of rotatable bonds is 8. The summed E-state index contributed by atoms with van der Waals surface area (Å²) in [6, 6.07) is 8.55. The smallest absolute Gasteiger partial charge is 0.231 e. The molecule has 2 aliphatic rings. The summed E-state index contributed by atoms with van der Waals surface area (Å²) in [7, 11) is 0. The molecule has 3 N–H and O–H groups in total. The van der Waals surface area contributed by atoms with Gasteiger partial charge in [-0.1, -0.05) is 26.0 Å². The van der Waals surface area contributed by atoms with Gasteiger partial charge in [-0.15, -0.1) is 0 Å². The first kappa shape index (κ1) is 26.7. The van der Waals surface area contributed by atoms with Crippen LogP contribution in [0.15, 0.2) is 30.5 Å². The van der Waals surface area contributed by atoms with E-state index in [4.69, 9.17) is 25.4 Å². The number of fused-ring (bicyclic) bond motifs is 2. The molecule has 0 radical (unpaired) electrons. The summed E-state index contributed by atoms with van der Waals surface area (Å²) in [6.45, 7) is 13.7. The van der Waals surface area contributed by atoms with Gasteiger partial charge in [-0.2, -0.15) is 0 Å². The van der Waals surface area contributed by atoms with Crippen LogP contribution in [0.2, 0.25) is 0 Å². The number of imidazole rings is 1. The minimum atomic E-state index is -0.271. The first-order valence-corrected chi connectivity index (χ1v) is 14.3. The lowest BCUT2D eigenvalue weighted by atomic mass is 9.99. The molecule has 0 spiro atoms. The number of aromatic nitrogens is 5. The van der Waals surface area contributed by atoms with Gasteiger partial charge in [0.25, 0.3) is 0 Å². The van der Waals surface area contributed by atoms with E-state index >= 15 is 0 Å². The fourth-order valence-corrected chi connectivity index (χ4v) is 6.16. The van der Waals surface area contributed by atoms with Gasteiger partial charge in [-0.3, -0.25) is 14.6 Å². The molecule has 5 heterocycles. The first-order valence-electron chi connectivity index (χ1n) is 14.3. The number of aryl methyl sites for hydroxylation is 1. The lowest BCUT2D eigenvalue weighted by Gasteiger charge is -2.42. The van der Waals surface area contributed by atoms with E-state index in [0.717, 1.165) is 78.5 Å². The molecule has 2 fully saturated rings. The van der Waals surface area contributed by atoms with Crippen molar-refractivity contribution in [3.05, 3.63) is 36.3 Å². The van der Waals surface area contributed by atoms with Crippen molar-refractivity contribution >= 4 is 33.8 Å². The van der Waals surface area contributed by atoms with Gasteiger partial charge in [0.1, 0.15) is 5.82 Å². The number of nitrogens with one attached hydrogen (secondary N) is 1. The van der Waals surface area contributed by atoms with Crippen molar-refractivity contribution in [1.82, 2.24) is 34.3 Å². The molecule has 1 amide bonds. The Bertz CT molecular complexity index is 1500. The van der Waals surface area contributed by atoms with E-state index in [-0.39, 0.29) is 11.9 Å². The standard InChI is InChI=1S/C29H39N9O2/c1-4-38-25(18-35-10-11-37(17-24(30)39)23(16-35)19(2)3)32-26-28(36-12-14-40-15-13-36)33-27(34-29(26)38)21-6-5-7-22-20(21)8-9-31-22/h5-9,19,23,31H,4,10-18H2,1-3H3,(H2,30,39)/t23-/m1/s1. The van der Waals surface area contributed by atoms with Crippen LogP contribution < -0.4 is 10.6 Å². The third-order valence-electron chi connectivity index (χ3n) is 8.23. The van der Waals surface area contributed by atoms with Crippen LogP contribution in [0.1, 0.15) is 26.6 Å². The number of nitrogens with two attached hydrogens (primary N) is 1. The zero-order valence-corrected chi connectivity index (χ0v) is 23.6. The lowest BCUT2D eigenvalue weighted by Crippen LogP contribution is -2.56. The summed E-state index contributed by atoms with van der Waals surface area (Å²) in [5, 5.41) is 1.10. The third-order valence-corrected chi connectivity index (χ3v) is 8.23. The molecule has 2 saturated heterocycles. The van der Waals surface area contributed by atoms with E-state index in [9.17, 15) is 4.79 Å². The second kappa shape index (κ2) is 11.1. The van der Waals surface area contributed by atoms with Gasteiger partial charge in [0, 0.05) is 68.0 Å². The predicted molar refractivity (Wildman–Crippen MR) is 156 cm³/mol. The van der Waals surface area contributed by atoms with Gasteiger partial charge in [-0.25, -0.2) is 15.0 Å². The maximum absolute atomic E-state index is 11.7. The predicted octanol–water partition coefficient (Wildman–Crippen LogP) is 2.46. The van der Waals surface area contributed by atoms with Crippen molar-refractivity contribution in [1.29, 1.82) is 0 Å². The number of H-pyrrole nitrogens is 1. The van der Waals surface area contributed by atoms with Crippen molar-refractivity contribution in [2.24, 2.45) is 11.7 Å². The summed E-state index contributed by atoms with van der Waals surface area (Å²) < 4.78 is 7.89. The van der Waals surface area contributed by atoms with Crippen LogP contribution in [-0.2, 0) is 22.6 Å². The van der Waals surface area contributed by atoms with Crippen LogP contribution in [0, 0.1) is 5.92 Å². The van der Waals surface area contributed by atoms with Crippen LogP contribution in [0.3, 0.4) is 0 Å². The molecule has 40 heavy (non-hydrogen) atoms. The maximum Gasteiger partial charge on any atom is 0.231 e. The summed E-state index contributed by atoms with van der Waals surface area (Å²) in [4.78, 5) is 37.4. The number of aromatic amines is 1. The number of anilines is 1. The van der Waals surface area contributed by atoms with Gasteiger partial charge in [0.05, 0.1) is 26.3 Å². The number of benzene rings is 1. The summed E-state index contributed by atoms with van der Waals surface area (Å²) in [5.74, 6) is 2.71. The minimum Gasteiger partial charge on any atom is -0.378 e. The molecular formula is C29H39N9O2. The summed E-state index contributed by atoms with van der Waals surface area (Å²) in [6.07, 6.45) is 1.96. The number of amides is 1. The number of nitrogens with zero attached hydrogens (tertiary/aromatic N) is 7. The summed E-state index contributed by atoms with van der Waals surface area (Å²) in [5.41, 5.74) is 9.32. The highest BCUT2D eigenvalue weighted by Crippen LogP contribution is 2.32. The molecule has 3 aromatic heterocycles. The average Bonchev–Trinajstić information content (AvgIpc) is 3.57. The number of carbonyl (C=O) groups excluding carboxylic acids is 1. The Morgan fingerprint density at radius 3 is 2.70 bits per heavy atom. The van der Waals surface area contributed by atoms with Crippen LogP contribution in [-0.4, -0.2) is 98.7 Å². The molecule has 11 nitrogen and oxygen atoms in total. The number of piperazine rings is 1. The molecule has 0 bridgehead atoms. The second-order valence-electron chi connectivity index (χ2n) is 11.1. The average molecular weight is 546 g/mol. The highest BCUT2D eigenvalue weighted by atomic mass is 16.5. The van der Waals surface area contributed by atoms with Crippen LogP contribution in [0.4, 0.5) is 5.82 Å². The number of ether oxygens (including phenoxy) is 1. The van der Waals surface area contributed by atoms with Crippen molar-refractivity contribution in [2.75, 3.05) is 57.4 Å². The Labute approximate surface area is 234 Å². The molecule has 212 valence electrons. The van der Waals surface area contributed by atoms with Crippen LogP contribution >= 0.6 is 0 Å². The summed E-state index contributed by atoms with van der Waals surface area (Å²) >= 11 is 0. The lowest BCUT2D eigenvalue weighted by molar-refractivity contribution is -0.120. The topological polar surface area (TPSA) is 121 Å². The van der Waals surface area contributed by atoms with Crippen molar-refractivity contribution < 1.29 is 9.53 Å². The molecule has 0 unspecified atom stereocenters. The molecule has 1 aromatic carbocycles. The molecule has 2 aliphatic heterocycles. The Hall–Kier alpha value is -3.54. The first-order chi connectivity index (χ1) is 19.4. The highest BCUT2D eigenvalue weighted by Gasteiger charge is 2.31. The number of carbonyl (C=O) groups is 1. The Balaban J connectivity index is 1.40. The Morgan fingerprint density at radius 2 is 1.95 bits per heavy atom. The minimum absolute atomic E-state index is 0.262. The third kappa shape index (κ3) is 5.04. The monoisotopic (exact) mass is 545 g/mol. The molecular weight excluding hydrogens is 506 g/mol. The van der Waals surface area contributed by atoms with E-state index in [0.29, 0.717) is 38.0 Å². The quantitative estimate of drug-likeness (QED) is 0.346.